The van der Waals surface area contributed by atoms with E-state index in [0.717, 1.165) is 12.8 Å². The van der Waals surface area contributed by atoms with Gasteiger partial charge in [0.1, 0.15) is 17.8 Å². The number of nitrogens with zero attached hydrogens (tertiary/aromatic N) is 5. The highest BCUT2D eigenvalue weighted by Crippen LogP contribution is 2.38. The molecule has 1 saturated carbocycles. The van der Waals surface area contributed by atoms with E-state index in [1.54, 1.807) is 18.2 Å². The third kappa shape index (κ3) is 2.68. The van der Waals surface area contributed by atoms with E-state index < -0.39 is 0 Å². The zero-order chi connectivity index (χ0) is 15.8. The monoisotopic (exact) mass is 330 g/mol. The number of tetrazole rings is 1. The van der Waals surface area contributed by atoms with Crippen LogP contribution >= 0.6 is 11.6 Å². The number of halogens is 1. The third-order valence-electron chi connectivity index (χ3n) is 3.40. The van der Waals surface area contributed by atoms with Crippen LogP contribution in [0.1, 0.15) is 12.8 Å². The van der Waals surface area contributed by atoms with E-state index in [-0.39, 0.29) is 23.4 Å². The predicted octanol–water partition coefficient (Wildman–Crippen LogP) is 2.22. The fourth-order valence-corrected chi connectivity index (χ4v) is 2.35. The van der Waals surface area contributed by atoms with Gasteiger partial charge in [0.15, 0.2) is 11.4 Å². The van der Waals surface area contributed by atoms with Crippen molar-refractivity contribution >= 4 is 11.6 Å². The molecule has 0 unspecified atom stereocenters. The van der Waals surface area contributed by atoms with Crippen LogP contribution in [0.4, 0.5) is 0 Å². The van der Waals surface area contributed by atoms with Crippen molar-refractivity contribution in [3.8, 4) is 34.3 Å². The minimum Gasteiger partial charge on any atom is -0.504 e. The van der Waals surface area contributed by atoms with Gasteiger partial charge in [-0.1, -0.05) is 11.6 Å². The lowest BCUT2D eigenvalue weighted by molar-refractivity contribution is 0.303. The third-order valence-corrected chi connectivity index (χ3v) is 3.70. The maximum atomic E-state index is 10.4. The summed E-state index contributed by atoms with van der Waals surface area (Å²) >= 11 is 6.25. The Balaban J connectivity index is 1.73. The van der Waals surface area contributed by atoms with Gasteiger partial charge in [0, 0.05) is 5.56 Å². The molecule has 0 bridgehead atoms. The average Bonchev–Trinajstić information content (AvgIpc) is 3.20. The van der Waals surface area contributed by atoms with E-state index in [1.807, 2.05) is 0 Å². The molecule has 3 aromatic rings. The number of aromatic hydroxyl groups is 1. The highest BCUT2D eigenvalue weighted by Gasteiger charge is 2.25. The molecule has 2 aromatic heterocycles. The molecule has 1 aliphatic carbocycles. The summed E-state index contributed by atoms with van der Waals surface area (Å²) in [6.45, 7) is 0. The maximum Gasteiger partial charge on any atom is 0.226 e. The largest absolute Gasteiger partial charge is 0.504 e. The van der Waals surface area contributed by atoms with Crippen molar-refractivity contribution in [2.45, 2.75) is 18.9 Å². The fraction of sp³-hybridized carbons (Fsp3) is 0.214. The first kappa shape index (κ1) is 13.9. The van der Waals surface area contributed by atoms with E-state index in [4.69, 9.17) is 16.3 Å². The summed E-state index contributed by atoms with van der Waals surface area (Å²) in [4.78, 5) is 8.11. The number of ether oxygens (including phenoxy) is 1. The molecular formula is C14H11ClN6O2. The van der Waals surface area contributed by atoms with Crippen molar-refractivity contribution < 1.29 is 9.84 Å². The van der Waals surface area contributed by atoms with Gasteiger partial charge in [0.25, 0.3) is 0 Å². The molecule has 4 rings (SSSR count). The Morgan fingerprint density at radius 3 is 2.74 bits per heavy atom. The molecule has 1 fully saturated rings. The zero-order valence-electron chi connectivity index (χ0n) is 11.8. The molecule has 1 aromatic carbocycles. The Hall–Kier alpha value is -2.74. The van der Waals surface area contributed by atoms with E-state index in [9.17, 15) is 5.11 Å². The lowest BCUT2D eigenvalue weighted by Gasteiger charge is -2.10. The molecule has 2 N–H and O–H groups in total. The van der Waals surface area contributed by atoms with E-state index in [2.05, 4.69) is 30.6 Å². The molecule has 0 aliphatic heterocycles. The molecule has 0 atom stereocenters. The Morgan fingerprint density at radius 2 is 2.04 bits per heavy atom. The fourth-order valence-electron chi connectivity index (χ4n) is 2.12. The van der Waals surface area contributed by atoms with Gasteiger partial charge in [-0.25, -0.2) is 9.97 Å². The van der Waals surface area contributed by atoms with Crippen LogP contribution in [-0.2, 0) is 0 Å². The van der Waals surface area contributed by atoms with Gasteiger partial charge >= 0.3 is 0 Å². The quantitative estimate of drug-likeness (QED) is 0.754. The normalized spacial score (nSPS) is 14.0. The Labute approximate surface area is 135 Å². The lowest BCUT2D eigenvalue weighted by Crippen LogP contribution is -1.97. The van der Waals surface area contributed by atoms with E-state index in [1.165, 1.54) is 6.33 Å². The summed E-state index contributed by atoms with van der Waals surface area (Å²) in [6.07, 6.45) is 3.69. The van der Waals surface area contributed by atoms with Gasteiger partial charge in [-0.05, 0) is 36.3 Å². The molecule has 23 heavy (non-hydrogen) atoms. The van der Waals surface area contributed by atoms with Gasteiger partial charge in [-0.2, -0.15) is 5.21 Å². The molecule has 0 radical (unpaired) electrons. The second-order valence-corrected chi connectivity index (χ2v) is 5.52. The summed E-state index contributed by atoms with van der Waals surface area (Å²) in [5, 5.41) is 24.3. The van der Waals surface area contributed by atoms with Crippen LogP contribution in [0.2, 0.25) is 5.02 Å². The molecule has 9 heteroatoms. The summed E-state index contributed by atoms with van der Waals surface area (Å²) < 4.78 is 5.70. The lowest BCUT2D eigenvalue weighted by atomic mass is 10.1. The first-order chi connectivity index (χ1) is 11.2. The van der Waals surface area contributed by atoms with Crippen molar-refractivity contribution in [1.29, 1.82) is 0 Å². The van der Waals surface area contributed by atoms with Crippen molar-refractivity contribution in [1.82, 2.24) is 30.6 Å². The molecule has 116 valence electrons. The van der Waals surface area contributed by atoms with Gasteiger partial charge < -0.3 is 9.84 Å². The number of nitrogens with one attached hydrogen (secondary N) is 1. The average molecular weight is 331 g/mol. The van der Waals surface area contributed by atoms with E-state index in [0.29, 0.717) is 22.0 Å². The summed E-state index contributed by atoms with van der Waals surface area (Å²) in [5.74, 6) is 0.677. The minimum absolute atomic E-state index is 0.138. The standard InChI is InChI=1S/C14H11ClN6O2/c15-9-5-7(1-4-10(9)23-8-2-3-8)11-13(22)12(17-6-16-11)14-18-20-21-19-14/h1,4-6,8,22H,2-3H2,(H,18,19,20,21). The molecule has 1 aliphatic rings. The van der Waals surface area contributed by atoms with Crippen LogP contribution in [-0.4, -0.2) is 41.8 Å². The van der Waals surface area contributed by atoms with E-state index >= 15 is 0 Å². The number of H-pyrrole nitrogens is 1. The Morgan fingerprint density at radius 1 is 1.22 bits per heavy atom. The highest BCUT2D eigenvalue weighted by molar-refractivity contribution is 6.32. The summed E-state index contributed by atoms with van der Waals surface area (Å²) in [6, 6.07) is 5.25. The van der Waals surface area contributed by atoms with Gasteiger partial charge in [0.05, 0.1) is 11.1 Å². The Bertz CT molecular complexity index is 850. The second kappa shape index (κ2) is 5.47. The summed E-state index contributed by atoms with van der Waals surface area (Å²) in [5.41, 5.74) is 1.17. The second-order valence-electron chi connectivity index (χ2n) is 5.12. The first-order valence-electron chi connectivity index (χ1n) is 6.96. The van der Waals surface area contributed by atoms with Crippen LogP contribution in [0.5, 0.6) is 11.5 Å². The minimum atomic E-state index is -0.138. The number of aromatic nitrogens is 6. The van der Waals surface area contributed by atoms with Crippen molar-refractivity contribution in [2.24, 2.45) is 0 Å². The van der Waals surface area contributed by atoms with Crippen LogP contribution in [0.3, 0.4) is 0 Å². The highest BCUT2D eigenvalue weighted by atomic mass is 35.5. The SMILES string of the molecule is Oc1c(-c2ccc(OC3CC3)c(Cl)c2)ncnc1-c1nn[nH]n1. The van der Waals surface area contributed by atoms with Gasteiger partial charge in [-0.3, -0.25) is 0 Å². The molecule has 8 nitrogen and oxygen atoms in total. The van der Waals surface area contributed by atoms with Crippen LogP contribution < -0.4 is 4.74 Å². The molecule has 0 saturated heterocycles. The predicted molar refractivity (Wildman–Crippen MR) is 81.0 cm³/mol. The number of benzene rings is 1. The van der Waals surface area contributed by atoms with Gasteiger partial charge in [-0.15, -0.1) is 10.2 Å². The number of aromatic amines is 1. The molecule has 0 spiro atoms. The van der Waals surface area contributed by atoms with Crippen molar-refractivity contribution in [3.05, 3.63) is 29.5 Å². The van der Waals surface area contributed by atoms with Gasteiger partial charge in [0.2, 0.25) is 5.82 Å². The van der Waals surface area contributed by atoms with Crippen molar-refractivity contribution in [2.75, 3.05) is 0 Å². The van der Waals surface area contributed by atoms with Crippen LogP contribution in [0.25, 0.3) is 22.8 Å². The zero-order valence-corrected chi connectivity index (χ0v) is 12.5. The first-order valence-corrected chi connectivity index (χ1v) is 7.34. The smallest absolute Gasteiger partial charge is 0.226 e. The maximum absolute atomic E-state index is 10.4. The number of hydrogen-bond acceptors (Lipinski definition) is 7. The van der Waals surface area contributed by atoms with Crippen LogP contribution in [0.15, 0.2) is 24.5 Å². The Kier molecular flexibility index (Phi) is 3.30. The topological polar surface area (TPSA) is 110 Å². The van der Waals surface area contributed by atoms with Crippen molar-refractivity contribution in [3.63, 3.8) is 0 Å². The molecule has 0 amide bonds. The molecule has 2 heterocycles. The number of rotatable bonds is 4. The number of hydrogen-bond donors (Lipinski definition) is 2. The molecular weight excluding hydrogens is 320 g/mol. The van der Waals surface area contributed by atoms with Crippen LogP contribution in [0, 0.1) is 0 Å². The summed E-state index contributed by atoms with van der Waals surface area (Å²) in [7, 11) is 0.